The van der Waals surface area contributed by atoms with Crippen molar-refractivity contribution in [2.45, 2.75) is 19.9 Å². The molecule has 1 atom stereocenters. The van der Waals surface area contributed by atoms with E-state index in [1.807, 2.05) is 30.3 Å². The van der Waals surface area contributed by atoms with Crippen molar-refractivity contribution in [1.82, 2.24) is 9.88 Å². The summed E-state index contributed by atoms with van der Waals surface area (Å²) in [6, 6.07) is 20.0. The SMILES string of the molecule is COc1cccc2c(C(=O)N[C@@H](C)c3cccc(F)c3)c(C)n(-c3ccccc3)c(=O)c12. The first-order valence-electron chi connectivity index (χ1n) is 10.3. The Morgan fingerprint density at radius 2 is 1.75 bits per heavy atom. The number of nitrogens with one attached hydrogen (secondary N) is 1. The maximum Gasteiger partial charge on any atom is 0.266 e. The predicted molar refractivity (Wildman–Crippen MR) is 123 cm³/mol. The molecule has 0 saturated carbocycles. The molecule has 0 unspecified atom stereocenters. The summed E-state index contributed by atoms with van der Waals surface area (Å²) in [7, 11) is 1.49. The summed E-state index contributed by atoms with van der Waals surface area (Å²) >= 11 is 0. The van der Waals surface area contributed by atoms with Gasteiger partial charge in [0.25, 0.3) is 11.5 Å². The van der Waals surface area contributed by atoms with Gasteiger partial charge in [-0.05, 0) is 49.7 Å². The highest BCUT2D eigenvalue weighted by molar-refractivity contribution is 6.09. The van der Waals surface area contributed by atoms with E-state index >= 15 is 0 Å². The average molecular weight is 430 g/mol. The molecule has 1 aromatic heterocycles. The first-order valence-corrected chi connectivity index (χ1v) is 10.3. The predicted octanol–water partition coefficient (Wildman–Crippen LogP) is 4.94. The van der Waals surface area contributed by atoms with Crippen LogP contribution in [0.3, 0.4) is 0 Å². The zero-order valence-corrected chi connectivity index (χ0v) is 18.1. The fourth-order valence-electron chi connectivity index (χ4n) is 4.00. The molecule has 1 heterocycles. The zero-order chi connectivity index (χ0) is 22.8. The van der Waals surface area contributed by atoms with Crippen molar-refractivity contribution >= 4 is 16.7 Å². The molecule has 32 heavy (non-hydrogen) atoms. The van der Waals surface area contributed by atoms with Gasteiger partial charge in [0.1, 0.15) is 11.6 Å². The number of para-hydroxylation sites is 1. The number of fused-ring (bicyclic) bond motifs is 1. The molecule has 3 aromatic carbocycles. The van der Waals surface area contributed by atoms with E-state index in [1.165, 1.54) is 23.8 Å². The van der Waals surface area contributed by atoms with Crippen LogP contribution in [0.15, 0.2) is 77.6 Å². The summed E-state index contributed by atoms with van der Waals surface area (Å²) in [4.78, 5) is 27.0. The monoisotopic (exact) mass is 430 g/mol. The molecular weight excluding hydrogens is 407 g/mol. The molecule has 1 amide bonds. The Morgan fingerprint density at radius 3 is 2.44 bits per heavy atom. The lowest BCUT2D eigenvalue weighted by Crippen LogP contribution is -2.31. The van der Waals surface area contributed by atoms with Crippen LogP contribution in [0.25, 0.3) is 16.5 Å². The first-order chi connectivity index (χ1) is 15.4. The minimum atomic E-state index is -0.435. The molecule has 0 spiro atoms. The number of methoxy groups -OCH3 is 1. The van der Waals surface area contributed by atoms with Crippen LogP contribution < -0.4 is 15.6 Å². The van der Waals surface area contributed by atoms with Crippen LogP contribution in [0.2, 0.25) is 0 Å². The van der Waals surface area contributed by atoms with Crippen molar-refractivity contribution in [3.63, 3.8) is 0 Å². The molecule has 0 radical (unpaired) electrons. The molecule has 5 nitrogen and oxygen atoms in total. The number of rotatable bonds is 5. The lowest BCUT2D eigenvalue weighted by Gasteiger charge is -2.20. The summed E-state index contributed by atoms with van der Waals surface area (Å²) in [6.07, 6.45) is 0. The minimum Gasteiger partial charge on any atom is -0.496 e. The van der Waals surface area contributed by atoms with Crippen LogP contribution in [-0.4, -0.2) is 17.6 Å². The topological polar surface area (TPSA) is 60.3 Å². The number of pyridine rings is 1. The molecule has 0 saturated heterocycles. The quantitative estimate of drug-likeness (QED) is 0.488. The van der Waals surface area contributed by atoms with Gasteiger partial charge in [-0.15, -0.1) is 0 Å². The summed E-state index contributed by atoms with van der Waals surface area (Å²) in [5.74, 6) is -0.334. The molecule has 0 bridgehead atoms. The molecule has 1 N–H and O–H groups in total. The van der Waals surface area contributed by atoms with Crippen molar-refractivity contribution in [3.8, 4) is 11.4 Å². The highest BCUT2D eigenvalue weighted by atomic mass is 19.1. The Labute approximate surface area is 185 Å². The number of hydrogen-bond donors (Lipinski definition) is 1. The van der Waals surface area contributed by atoms with E-state index in [1.54, 1.807) is 44.2 Å². The van der Waals surface area contributed by atoms with Crippen molar-refractivity contribution < 1.29 is 13.9 Å². The standard InChI is InChI=1S/C26H23FN2O3/c1-16(18-9-7-10-19(27)15-18)28-25(30)23-17(2)29(20-11-5-4-6-12-20)26(31)24-21(23)13-8-14-22(24)32-3/h4-16H,1-3H3,(H,28,30)/t16-/m0/s1. The fourth-order valence-corrected chi connectivity index (χ4v) is 4.00. The number of ether oxygens (including phenoxy) is 1. The fraction of sp³-hybridized carbons (Fsp3) is 0.154. The third kappa shape index (κ3) is 3.75. The highest BCUT2D eigenvalue weighted by Gasteiger charge is 2.23. The molecule has 6 heteroatoms. The summed E-state index contributed by atoms with van der Waals surface area (Å²) in [5.41, 5.74) is 1.90. The molecule has 0 aliphatic carbocycles. The van der Waals surface area contributed by atoms with Gasteiger partial charge in [-0.25, -0.2) is 4.39 Å². The number of benzene rings is 3. The van der Waals surface area contributed by atoms with Crippen LogP contribution in [0.4, 0.5) is 4.39 Å². The molecule has 4 rings (SSSR count). The number of carbonyl (C=O) groups excluding carboxylic acids is 1. The maximum absolute atomic E-state index is 13.7. The largest absolute Gasteiger partial charge is 0.496 e. The van der Waals surface area contributed by atoms with Crippen molar-refractivity contribution in [2.24, 2.45) is 0 Å². The smallest absolute Gasteiger partial charge is 0.266 e. The number of nitrogens with zero attached hydrogens (tertiary/aromatic N) is 1. The van der Waals surface area contributed by atoms with E-state index in [-0.39, 0.29) is 17.3 Å². The van der Waals surface area contributed by atoms with Crippen molar-refractivity contribution in [3.05, 3.63) is 106 Å². The first kappa shape index (κ1) is 21.3. The van der Waals surface area contributed by atoms with E-state index in [4.69, 9.17) is 4.74 Å². The maximum atomic E-state index is 13.7. The van der Waals surface area contributed by atoms with Crippen molar-refractivity contribution in [1.29, 1.82) is 0 Å². The summed E-state index contributed by atoms with van der Waals surface area (Å²) in [6.45, 7) is 3.53. The van der Waals surface area contributed by atoms with Crippen LogP contribution in [0, 0.1) is 12.7 Å². The Morgan fingerprint density at radius 1 is 1.03 bits per heavy atom. The average Bonchev–Trinajstić information content (AvgIpc) is 2.79. The van der Waals surface area contributed by atoms with E-state index in [9.17, 15) is 14.0 Å². The number of aromatic nitrogens is 1. The van der Waals surface area contributed by atoms with Crippen LogP contribution >= 0.6 is 0 Å². The van der Waals surface area contributed by atoms with E-state index in [0.29, 0.717) is 39.0 Å². The number of carbonyl (C=O) groups is 1. The lowest BCUT2D eigenvalue weighted by molar-refractivity contribution is 0.0940. The summed E-state index contributed by atoms with van der Waals surface area (Å²) < 4.78 is 20.6. The van der Waals surface area contributed by atoms with Gasteiger partial charge in [-0.2, -0.15) is 0 Å². The van der Waals surface area contributed by atoms with Crippen molar-refractivity contribution in [2.75, 3.05) is 7.11 Å². The second kappa shape index (κ2) is 8.67. The summed E-state index contributed by atoms with van der Waals surface area (Å²) in [5, 5.41) is 3.78. The molecule has 162 valence electrons. The third-order valence-corrected chi connectivity index (χ3v) is 5.57. The lowest BCUT2D eigenvalue weighted by atomic mass is 10.0. The van der Waals surface area contributed by atoms with Gasteiger partial charge in [-0.3, -0.25) is 14.2 Å². The zero-order valence-electron chi connectivity index (χ0n) is 18.1. The molecular formula is C26H23FN2O3. The second-order valence-electron chi connectivity index (χ2n) is 7.57. The Balaban J connectivity index is 1.92. The second-order valence-corrected chi connectivity index (χ2v) is 7.57. The molecule has 0 aliphatic rings. The van der Waals surface area contributed by atoms with Gasteiger partial charge in [0, 0.05) is 16.8 Å². The Bertz CT molecular complexity index is 1360. The number of halogens is 1. The number of amides is 1. The van der Waals surface area contributed by atoms with Gasteiger partial charge in [0.2, 0.25) is 0 Å². The van der Waals surface area contributed by atoms with Gasteiger partial charge in [0.05, 0.1) is 24.1 Å². The normalized spacial score (nSPS) is 11.9. The van der Waals surface area contributed by atoms with Crippen LogP contribution in [-0.2, 0) is 0 Å². The molecule has 4 aromatic rings. The number of hydrogen-bond acceptors (Lipinski definition) is 3. The van der Waals surface area contributed by atoms with E-state index < -0.39 is 6.04 Å². The van der Waals surface area contributed by atoms with E-state index in [0.717, 1.165) is 0 Å². The van der Waals surface area contributed by atoms with Gasteiger partial charge in [-0.1, -0.05) is 42.5 Å². The molecule has 0 aliphatic heterocycles. The Kier molecular flexibility index (Phi) is 5.77. The minimum absolute atomic E-state index is 0.268. The third-order valence-electron chi connectivity index (χ3n) is 5.57. The van der Waals surface area contributed by atoms with Crippen LogP contribution in [0.5, 0.6) is 5.75 Å². The van der Waals surface area contributed by atoms with Crippen LogP contribution in [0.1, 0.15) is 34.6 Å². The van der Waals surface area contributed by atoms with Gasteiger partial charge in [0.15, 0.2) is 0 Å². The van der Waals surface area contributed by atoms with E-state index in [2.05, 4.69) is 5.32 Å². The highest BCUT2D eigenvalue weighted by Crippen LogP contribution is 2.29. The molecule has 0 fully saturated rings. The van der Waals surface area contributed by atoms with Gasteiger partial charge >= 0.3 is 0 Å². The Hall–Kier alpha value is -3.93. The van der Waals surface area contributed by atoms with Gasteiger partial charge < -0.3 is 10.1 Å².